The molecule has 0 heterocycles. The molecule has 0 unspecified atom stereocenters. The van der Waals surface area contributed by atoms with Gasteiger partial charge < -0.3 is 5.32 Å². The number of halogens is 2. The summed E-state index contributed by atoms with van der Waals surface area (Å²) in [6, 6.07) is 7.66. The van der Waals surface area contributed by atoms with Crippen LogP contribution in [0.25, 0.3) is 0 Å². The molecule has 1 amide bonds. The van der Waals surface area contributed by atoms with Crippen LogP contribution >= 0.6 is 38.5 Å². The van der Waals surface area contributed by atoms with E-state index in [2.05, 4.69) is 43.8 Å². The second-order valence-corrected chi connectivity index (χ2v) is 6.03. The van der Waals surface area contributed by atoms with E-state index in [1.165, 1.54) is 6.42 Å². The molecule has 0 radical (unpaired) electrons. The van der Waals surface area contributed by atoms with Crippen LogP contribution in [-0.2, 0) is 0 Å². The summed E-state index contributed by atoms with van der Waals surface area (Å²) < 4.78 is 1.15. The topological polar surface area (TPSA) is 29.1 Å². The van der Waals surface area contributed by atoms with Crippen molar-refractivity contribution in [1.29, 1.82) is 0 Å². The summed E-state index contributed by atoms with van der Waals surface area (Å²) in [5, 5.41) is 3.97. The normalized spacial score (nSPS) is 17.6. The van der Waals surface area contributed by atoms with Gasteiger partial charge in [0.2, 0.25) is 0 Å². The Morgan fingerprint density at radius 2 is 2.00 bits per heavy atom. The van der Waals surface area contributed by atoms with Gasteiger partial charge in [-0.1, -0.05) is 15.9 Å². The monoisotopic (exact) mass is 393 g/mol. The highest BCUT2D eigenvalue weighted by atomic mass is 127. The fourth-order valence-electron chi connectivity index (χ4n) is 1.81. The van der Waals surface area contributed by atoms with E-state index in [-0.39, 0.29) is 11.4 Å². The van der Waals surface area contributed by atoms with Gasteiger partial charge in [0, 0.05) is 14.5 Å². The maximum absolute atomic E-state index is 12.0. The van der Waals surface area contributed by atoms with Crippen LogP contribution in [0.4, 0.5) is 0 Å². The molecule has 1 aliphatic carbocycles. The molecule has 86 valence electrons. The van der Waals surface area contributed by atoms with Crippen molar-refractivity contribution in [2.24, 2.45) is 0 Å². The lowest BCUT2D eigenvalue weighted by Gasteiger charge is -2.41. The van der Waals surface area contributed by atoms with E-state index in [0.717, 1.165) is 27.3 Å². The first-order valence-corrected chi connectivity index (χ1v) is 7.49. The van der Waals surface area contributed by atoms with Gasteiger partial charge in [-0.05, 0) is 66.1 Å². The van der Waals surface area contributed by atoms with Crippen molar-refractivity contribution in [2.75, 3.05) is 5.33 Å². The number of carbonyl (C=O) groups is 1. The van der Waals surface area contributed by atoms with Crippen molar-refractivity contribution in [3.8, 4) is 0 Å². The van der Waals surface area contributed by atoms with Gasteiger partial charge in [0.05, 0.1) is 5.54 Å². The van der Waals surface area contributed by atoms with E-state index in [9.17, 15) is 4.79 Å². The number of rotatable bonds is 3. The molecular weight excluding hydrogens is 381 g/mol. The molecule has 0 spiro atoms. The van der Waals surface area contributed by atoms with Crippen LogP contribution in [0.2, 0.25) is 0 Å². The highest BCUT2D eigenvalue weighted by Gasteiger charge is 2.37. The number of amides is 1. The van der Waals surface area contributed by atoms with Gasteiger partial charge in [0.15, 0.2) is 0 Å². The van der Waals surface area contributed by atoms with Crippen LogP contribution in [0.15, 0.2) is 24.3 Å². The molecule has 0 bridgehead atoms. The fraction of sp³-hybridized carbons (Fsp3) is 0.417. The fourth-order valence-corrected chi connectivity index (χ4v) is 2.87. The zero-order valence-electron chi connectivity index (χ0n) is 8.80. The van der Waals surface area contributed by atoms with Crippen LogP contribution in [-0.4, -0.2) is 16.8 Å². The summed E-state index contributed by atoms with van der Waals surface area (Å²) in [4.78, 5) is 12.0. The molecule has 4 heteroatoms. The SMILES string of the molecule is O=C(NC1(CBr)CCC1)c1ccc(I)cc1. The van der Waals surface area contributed by atoms with E-state index in [0.29, 0.717) is 0 Å². The average molecular weight is 394 g/mol. The van der Waals surface area contributed by atoms with Crippen molar-refractivity contribution in [3.05, 3.63) is 33.4 Å². The second kappa shape index (κ2) is 5.04. The smallest absolute Gasteiger partial charge is 0.251 e. The number of benzene rings is 1. The molecule has 16 heavy (non-hydrogen) atoms. The zero-order valence-corrected chi connectivity index (χ0v) is 12.5. The number of carbonyl (C=O) groups excluding carboxylic acids is 1. The van der Waals surface area contributed by atoms with Crippen molar-refractivity contribution in [2.45, 2.75) is 24.8 Å². The lowest BCUT2D eigenvalue weighted by Crippen LogP contribution is -2.54. The lowest BCUT2D eigenvalue weighted by atomic mass is 9.78. The highest BCUT2D eigenvalue weighted by molar-refractivity contribution is 14.1. The molecule has 2 nitrogen and oxygen atoms in total. The zero-order chi connectivity index (χ0) is 11.6. The van der Waals surface area contributed by atoms with E-state index < -0.39 is 0 Å². The molecular formula is C12H13BrINO. The maximum Gasteiger partial charge on any atom is 0.251 e. The van der Waals surface area contributed by atoms with Gasteiger partial charge in [-0.3, -0.25) is 4.79 Å². The molecule has 2 rings (SSSR count). The highest BCUT2D eigenvalue weighted by Crippen LogP contribution is 2.33. The maximum atomic E-state index is 12.0. The Balaban J connectivity index is 2.05. The van der Waals surface area contributed by atoms with Crippen LogP contribution in [0.5, 0.6) is 0 Å². The predicted octanol–water partition coefficient (Wildman–Crippen LogP) is 3.34. The van der Waals surface area contributed by atoms with Crippen LogP contribution in [0, 0.1) is 3.57 Å². The Morgan fingerprint density at radius 3 is 2.44 bits per heavy atom. The second-order valence-electron chi connectivity index (χ2n) is 4.23. The summed E-state index contributed by atoms with van der Waals surface area (Å²) in [5.41, 5.74) is 0.743. The minimum absolute atomic E-state index is 0.0000788. The summed E-state index contributed by atoms with van der Waals surface area (Å²) >= 11 is 5.71. The first-order chi connectivity index (χ1) is 7.65. The van der Waals surface area contributed by atoms with Crippen LogP contribution < -0.4 is 5.32 Å². The Kier molecular flexibility index (Phi) is 3.89. The number of hydrogen-bond acceptors (Lipinski definition) is 1. The summed E-state index contributed by atoms with van der Waals surface area (Å²) in [6.45, 7) is 0. The minimum Gasteiger partial charge on any atom is -0.346 e. The van der Waals surface area contributed by atoms with Crippen molar-refractivity contribution >= 4 is 44.4 Å². The van der Waals surface area contributed by atoms with Gasteiger partial charge in [-0.15, -0.1) is 0 Å². The molecule has 1 fully saturated rings. The number of alkyl halides is 1. The number of hydrogen-bond donors (Lipinski definition) is 1. The van der Waals surface area contributed by atoms with Gasteiger partial charge in [-0.2, -0.15) is 0 Å². The molecule has 1 aromatic rings. The summed E-state index contributed by atoms with van der Waals surface area (Å²) in [6.07, 6.45) is 3.36. The van der Waals surface area contributed by atoms with Crippen LogP contribution in [0.3, 0.4) is 0 Å². The minimum atomic E-state index is 0.0000788. The molecule has 1 N–H and O–H groups in total. The van der Waals surface area contributed by atoms with Gasteiger partial charge in [-0.25, -0.2) is 0 Å². The Hall–Kier alpha value is -0.100. The van der Waals surface area contributed by atoms with Crippen LogP contribution in [0.1, 0.15) is 29.6 Å². The molecule has 0 aliphatic heterocycles. The molecule has 0 saturated heterocycles. The molecule has 0 atom stereocenters. The third-order valence-corrected chi connectivity index (χ3v) is 4.84. The largest absolute Gasteiger partial charge is 0.346 e. The first kappa shape index (κ1) is 12.4. The van der Waals surface area contributed by atoms with Crippen molar-refractivity contribution in [1.82, 2.24) is 5.32 Å². The Bertz CT molecular complexity index is 381. The molecule has 0 aromatic heterocycles. The quantitative estimate of drug-likeness (QED) is 0.619. The summed E-state index contributed by atoms with van der Waals surface area (Å²) in [7, 11) is 0. The molecule has 1 aromatic carbocycles. The van der Waals surface area contributed by atoms with Crippen molar-refractivity contribution < 1.29 is 4.79 Å². The van der Waals surface area contributed by atoms with Gasteiger partial charge >= 0.3 is 0 Å². The average Bonchev–Trinajstić information content (AvgIpc) is 2.24. The van der Waals surface area contributed by atoms with E-state index in [1.807, 2.05) is 24.3 Å². The number of nitrogens with one attached hydrogen (secondary N) is 1. The summed E-state index contributed by atoms with van der Waals surface area (Å²) in [5.74, 6) is 0.0375. The van der Waals surface area contributed by atoms with E-state index in [4.69, 9.17) is 0 Å². The third kappa shape index (κ3) is 2.59. The predicted molar refractivity (Wildman–Crippen MR) is 77.0 cm³/mol. The van der Waals surface area contributed by atoms with E-state index in [1.54, 1.807) is 0 Å². The lowest BCUT2D eigenvalue weighted by molar-refractivity contribution is 0.0856. The van der Waals surface area contributed by atoms with Gasteiger partial charge in [0.25, 0.3) is 5.91 Å². The Labute approximate surface area is 117 Å². The Morgan fingerprint density at radius 1 is 1.38 bits per heavy atom. The van der Waals surface area contributed by atoms with Crippen molar-refractivity contribution in [3.63, 3.8) is 0 Å². The van der Waals surface area contributed by atoms with E-state index >= 15 is 0 Å². The standard InChI is InChI=1S/C12H13BrINO/c13-8-12(6-1-7-12)15-11(16)9-2-4-10(14)5-3-9/h2-5H,1,6-8H2,(H,15,16). The van der Waals surface area contributed by atoms with Gasteiger partial charge in [0.1, 0.15) is 0 Å². The third-order valence-electron chi connectivity index (χ3n) is 3.05. The molecule has 1 aliphatic rings. The molecule has 1 saturated carbocycles. The first-order valence-electron chi connectivity index (χ1n) is 5.29.